The van der Waals surface area contributed by atoms with E-state index in [4.69, 9.17) is 4.74 Å². The third-order valence-electron chi connectivity index (χ3n) is 3.18. The summed E-state index contributed by atoms with van der Waals surface area (Å²) in [4.78, 5) is 14.5. The van der Waals surface area contributed by atoms with E-state index in [2.05, 4.69) is 0 Å². The van der Waals surface area contributed by atoms with E-state index < -0.39 is 0 Å². The van der Waals surface area contributed by atoms with Gasteiger partial charge in [0, 0.05) is 17.3 Å². The first-order valence-electron chi connectivity index (χ1n) is 7.25. The van der Waals surface area contributed by atoms with Gasteiger partial charge >= 0.3 is 0 Å². The summed E-state index contributed by atoms with van der Waals surface area (Å²) in [5.41, 5.74) is 1.57. The molecule has 0 N–H and O–H groups in total. The highest BCUT2D eigenvalue weighted by Gasteiger charge is 2.20. The highest BCUT2D eigenvalue weighted by atomic mass is 16.5. The smallest absolute Gasteiger partial charge is 0.258 e. The van der Waals surface area contributed by atoms with Crippen molar-refractivity contribution < 1.29 is 9.53 Å². The van der Waals surface area contributed by atoms with E-state index in [1.165, 1.54) is 0 Å². The van der Waals surface area contributed by atoms with Crippen LogP contribution in [0.3, 0.4) is 0 Å². The summed E-state index contributed by atoms with van der Waals surface area (Å²) in [6.07, 6.45) is 0. The van der Waals surface area contributed by atoms with Crippen molar-refractivity contribution in [3.8, 4) is 5.75 Å². The fourth-order valence-corrected chi connectivity index (χ4v) is 2.24. The van der Waals surface area contributed by atoms with Crippen LogP contribution in [0.5, 0.6) is 5.75 Å². The number of para-hydroxylation sites is 1. The molecule has 0 saturated carbocycles. The zero-order chi connectivity index (χ0) is 15.2. The molecule has 0 heterocycles. The molecule has 0 spiro atoms. The third kappa shape index (κ3) is 3.63. The van der Waals surface area contributed by atoms with Gasteiger partial charge in [0.05, 0.1) is 6.61 Å². The molecule has 0 saturated heterocycles. The second-order valence-corrected chi connectivity index (χ2v) is 5.06. The molecule has 3 heteroatoms. The maximum absolute atomic E-state index is 12.7. The molecular weight excluding hydrogens is 262 g/mol. The van der Waals surface area contributed by atoms with Crippen LogP contribution in [0, 0.1) is 0 Å². The van der Waals surface area contributed by atoms with Crippen LogP contribution >= 0.6 is 0 Å². The summed E-state index contributed by atoms with van der Waals surface area (Å²) in [5.74, 6) is 0.782. The van der Waals surface area contributed by atoms with Gasteiger partial charge in [0.2, 0.25) is 0 Å². The first-order valence-corrected chi connectivity index (χ1v) is 7.25. The molecule has 0 aliphatic rings. The molecule has 2 aromatic carbocycles. The van der Waals surface area contributed by atoms with E-state index in [-0.39, 0.29) is 11.9 Å². The van der Waals surface area contributed by atoms with Crippen molar-refractivity contribution in [2.45, 2.75) is 26.8 Å². The van der Waals surface area contributed by atoms with E-state index >= 15 is 0 Å². The normalized spacial score (nSPS) is 10.5. The van der Waals surface area contributed by atoms with Crippen LogP contribution in [0.4, 0.5) is 5.69 Å². The second kappa shape index (κ2) is 6.93. The first-order chi connectivity index (χ1) is 10.1. The van der Waals surface area contributed by atoms with Crippen LogP contribution in [0.1, 0.15) is 31.1 Å². The van der Waals surface area contributed by atoms with Crippen molar-refractivity contribution >= 4 is 11.6 Å². The quantitative estimate of drug-likeness (QED) is 0.825. The van der Waals surface area contributed by atoms with Crippen molar-refractivity contribution in [1.82, 2.24) is 0 Å². The Bertz CT molecular complexity index is 576. The fourth-order valence-electron chi connectivity index (χ4n) is 2.24. The predicted octanol–water partition coefficient (Wildman–Crippen LogP) is 4.14. The highest BCUT2D eigenvalue weighted by molar-refractivity contribution is 6.06. The molecule has 2 aromatic rings. The van der Waals surface area contributed by atoms with Gasteiger partial charge in [0.15, 0.2) is 0 Å². The molecule has 0 aliphatic carbocycles. The van der Waals surface area contributed by atoms with Gasteiger partial charge in [0.25, 0.3) is 5.91 Å². The Morgan fingerprint density at radius 3 is 2.19 bits per heavy atom. The number of anilines is 1. The minimum Gasteiger partial charge on any atom is -0.494 e. The van der Waals surface area contributed by atoms with Gasteiger partial charge in [-0.2, -0.15) is 0 Å². The highest BCUT2D eigenvalue weighted by Crippen LogP contribution is 2.21. The lowest BCUT2D eigenvalue weighted by molar-refractivity contribution is 0.0980. The Morgan fingerprint density at radius 1 is 1.05 bits per heavy atom. The molecule has 0 aromatic heterocycles. The van der Waals surface area contributed by atoms with E-state index in [9.17, 15) is 4.79 Å². The lowest BCUT2D eigenvalue weighted by atomic mass is 10.1. The molecule has 3 nitrogen and oxygen atoms in total. The summed E-state index contributed by atoms with van der Waals surface area (Å²) in [7, 11) is 0. The molecule has 1 amide bonds. The van der Waals surface area contributed by atoms with Gasteiger partial charge in [-0.05, 0) is 57.2 Å². The molecule has 0 atom stereocenters. The summed E-state index contributed by atoms with van der Waals surface area (Å²) < 4.78 is 5.41. The third-order valence-corrected chi connectivity index (χ3v) is 3.18. The summed E-state index contributed by atoms with van der Waals surface area (Å²) in [6.45, 7) is 6.59. The molecule has 2 rings (SSSR count). The van der Waals surface area contributed by atoms with Crippen LogP contribution in [0.2, 0.25) is 0 Å². The first kappa shape index (κ1) is 15.1. The van der Waals surface area contributed by atoms with Crippen molar-refractivity contribution in [2.75, 3.05) is 11.5 Å². The van der Waals surface area contributed by atoms with Crippen LogP contribution < -0.4 is 9.64 Å². The Balaban J connectivity index is 2.27. The van der Waals surface area contributed by atoms with E-state index in [0.29, 0.717) is 12.2 Å². The van der Waals surface area contributed by atoms with Gasteiger partial charge in [-0.1, -0.05) is 18.2 Å². The Kier molecular flexibility index (Phi) is 4.99. The van der Waals surface area contributed by atoms with E-state index in [0.717, 1.165) is 11.4 Å². The Hall–Kier alpha value is -2.29. The van der Waals surface area contributed by atoms with Crippen molar-refractivity contribution in [3.63, 3.8) is 0 Å². The molecule has 0 fully saturated rings. The predicted molar refractivity (Wildman–Crippen MR) is 86.0 cm³/mol. The maximum Gasteiger partial charge on any atom is 0.258 e. The monoisotopic (exact) mass is 283 g/mol. The number of hydrogen-bond donors (Lipinski definition) is 0. The number of carbonyl (C=O) groups is 1. The minimum atomic E-state index is -0.000696. The number of ether oxygens (including phenoxy) is 1. The van der Waals surface area contributed by atoms with E-state index in [1.54, 1.807) is 4.90 Å². The molecule has 110 valence electrons. The maximum atomic E-state index is 12.7. The Morgan fingerprint density at radius 2 is 1.67 bits per heavy atom. The van der Waals surface area contributed by atoms with Crippen molar-refractivity contribution in [2.24, 2.45) is 0 Å². The second-order valence-electron chi connectivity index (χ2n) is 5.06. The minimum absolute atomic E-state index is 0.000696. The number of carbonyl (C=O) groups excluding carboxylic acids is 1. The standard InChI is InChI=1S/C18H21NO2/c1-4-21-17-12-10-15(11-13-17)18(20)19(14(2)3)16-8-6-5-7-9-16/h5-14H,4H2,1-3H3. The number of benzene rings is 2. The number of hydrogen-bond acceptors (Lipinski definition) is 2. The zero-order valence-electron chi connectivity index (χ0n) is 12.7. The molecule has 21 heavy (non-hydrogen) atoms. The SMILES string of the molecule is CCOc1ccc(C(=O)N(c2ccccc2)C(C)C)cc1. The van der Waals surface area contributed by atoms with Crippen LogP contribution in [0.15, 0.2) is 54.6 Å². The van der Waals surface area contributed by atoms with Crippen molar-refractivity contribution in [1.29, 1.82) is 0 Å². The van der Waals surface area contributed by atoms with Crippen molar-refractivity contribution in [3.05, 3.63) is 60.2 Å². The summed E-state index contributed by atoms with van der Waals surface area (Å²) in [6, 6.07) is 17.1. The molecule has 0 radical (unpaired) electrons. The van der Waals surface area contributed by atoms with Crippen LogP contribution in [-0.4, -0.2) is 18.6 Å². The number of rotatable bonds is 5. The molecule has 0 bridgehead atoms. The topological polar surface area (TPSA) is 29.5 Å². The lowest BCUT2D eigenvalue weighted by Gasteiger charge is -2.27. The number of nitrogens with zero attached hydrogens (tertiary/aromatic N) is 1. The van der Waals surface area contributed by atoms with Gasteiger partial charge in [-0.3, -0.25) is 4.79 Å². The largest absolute Gasteiger partial charge is 0.494 e. The van der Waals surface area contributed by atoms with Gasteiger partial charge in [-0.15, -0.1) is 0 Å². The van der Waals surface area contributed by atoms with E-state index in [1.807, 2.05) is 75.4 Å². The van der Waals surface area contributed by atoms with Gasteiger partial charge in [-0.25, -0.2) is 0 Å². The molecular formula is C18H21NO2. The molecule has 0 aliphatic heterocycles. The van der Waals surface area contributed by atoms with Crippen LogP contribution in [-0.2, 0) is 0 Å². The van der Waals surface area contributed by atoms with Gasteiger partial charge < -0.3 is 9.64 Å². The summed E-state index contributed by atoms with van der Waals surface area (Å²) >= 11 is 0. The average Bonchev–Trinajstić information content (AvgIpc) is 2.49. The fraction of sp³-hybridized carbons (Fsp3) is 0.278. The molecule has 0 unspecified atom stereocenters. The average molecular weight is 283 g/mol. The van der Waals surface area contributed by atoms with Gasteiger partial charge in [0.1, 0.15) is 5.75 Å². The number of amides is 1. The van der Waals surface area contributed by atoms with Crippen LogP contribution in [0.25, 0.3) is 0 Å². The zero-order valence-corrected chi connectivity index (χ0v) is 12.7. The lowest BCUT2D eigenvalue weighted by Crippen LogP contribution is -2.36. The summed E-state index contributed by atoms with van der Waals surface area (Å²) in [5, 5.41) is 0. The Labute approximate surface area is 126 Å².